The fourth-order valence-corrected chi connectivity index (χ4v) is 4.12. The summed E-state index contributed by atoms with van der Waals surface area (Å²) in [5, 5.41) is 0. The molecule has 0 saturated heterocycles. The van der Waals surface area contributed by atoms with Crippen LogP contribution in [0.25, 0.3) is 0 Å². The van der Waals surface area contributed by atoms with Crippen molar-refractivity contribution >= 4 is 12.6 Å². The van der Waals surface area contributed by atoms with Crippen molar-refractivity contribution in [3.8, 4) is 0 Å². The molecule has 0 aromatic heterocycles. The first-order chi connectivity index (χ1) is 14.7. The second-order valence-electron chi connectivity index (χ2n) is 7.84. The molecule has 0 radical (unpaired) electrons. The zero-order valence-electron chi connectivity index (χ0n) is 19.4. The van der Waals surface area contributed by atoms with Crippen molar-refractivity contribution < 1.29 is 18.9 Å². The number of methoxy groups -OCH3 is 2. The van der Waals surface area contributed by atoms with Crippen LogP contribution in [0.4, 0.5) is 0 Å². The molecule has 30 heavy (non-hydrogen) atoms. The molecule has 0 N–H and O–H groups in total. The molecular formula is C25H44O4S. The lowest BCUT2D eigenvalue weighted by molar-refractivity contribution is -0.286. The van der Waals surface area contributed by atoms with E-state index in [0.29, 0.717) is 26.4 Å². The molecule has 0 saturated carbocycles. The highest BCUT2D eigenvalue weighted by atomic mass is 32.1. The van der Waals surface area contributed by atoms with Crippen LogP contribution in [0.3, 0.4) is 0 Å². The molecule has 0 bridgehead atoms. The maximum absolute atomic E-state index is 6.53. The summed E-state index contributed by atoms with van der Waals surface area (Å²) in [6, 6.07) is 10.4. The Hall–Kier alpha value is -0.590. The van der Waals surface area contributed by atoms with Crippen LogP contribution >= 0.6 is 12.6 Å². The molecule has 1 aromatic rings. The average molecular weight is 441 g/mol. The first-order valence-corrected chi connectivity index (χ1v) is 12.3. The molecule has 1 unspecified atom stereocenters. The number of benzene rings is 1. The molecule has 0 aliphatic carbocycles. The number of thiol groups is 1. The van der Waals surface area contributed by atoms with Gasteiger partial charge in [0.2, 0.25) is 0 Å². The Labute approximate surface area is 190 Å². The van der Waals surface area contributed by atoms with Gasteiger partial charge in [0.25, 0.3) is 0 Å². The first kappa shape index (κ1) is 27.4. The predicted molar refractivity (Wildman–Crippen MR) is 128 cm³/mol. The quantitative estimate of drug-likeness (QED) is 0.148. The number of ether oxygens (including phenoxy) is 4. The Morgan fingerprint density at radius 3 is 1.90 bits per heavy atom. The molecule has 5 heteroatoms. The molecule has 0 amide bonds. The summed E-state index contributed by atoms with van der Waals surface area (Å²) >= 11 is 4.48. The first-order valence-electron chi connectivity index (χ1n) is 11.7. The minimum atomic E-state index is -0.787. The summed E-state index contributed by atoms with van der Waals surface area (Å²) in [6.07, 6.45) is 10.8. The molecule has 0 aliphatic heterocycles. The number of hydrogen-bond donors (Lipinski definition) is 1. The van der Waals surface area contributed by atoms with Crippen LogP contribution in [0.2, 0.25) is 0 Å². The minimum absolute atomic E-state index is 0.256. The van der Waals surface area contributed by atoms with Gasteiger partial charge in [-0.15, -0.1) is 0 Å². The van der Waals surface area contributed by atoms with Gasteiger partial charge in [-0.1, -0.05) is 75.8 Å². The molecule has 1 atom stereocenters. The van der Waals surface area contributed by atoms with Crippen LogP contribution in [0.5, 0.6) is 0 Å². The van der Waals surface area contributed by atoms with Gasteiger partial charge in [-0.25, -0.2) is 0 Å². The standard InChI is InChI=1S/C25H44O4S/c1-4-5-6-7-8-10-14-24(17-13-22-30)25(28-20-18-26-2,29-21-19-27-3)23-15-11-9-12-16-23/h9,11-12,15-16,24,30H,4-8,10,13-14,17-22H2,1-3H3. The van der Waals surface area contributed by atoms with E-state index in [1.54, 1.807) is 14.2 Å². The van der Waals surface area contributed by atoms with E-state index in [1.165, 1.54) is 38.5 Å². The molecule has 1 rings (SSSR count). The smallest absolute Gasteiger partial charge is 0.197 e. The number of rotatable bonds is 20. The van der Waals surface area contributed by atoms with Crippen molar-refractivity contribution in [2.45, 2.75) is 70.5 Å². The Bertz CT molecular complexity index is 487. The largest absolute Gasteiger partial charge is 0.382 e. The van der Waals surface area contributed by atoms with Gasteiger partial charge >= 0.3 is 0 Å². The highest BCUT2D eigenvalue weighted by Crippen LogP contribution is 2.41. The summed E-state index contributed by atoms with van der Waals surface area (Å²) in [5.74, 6) is 0.338. The van der Waals surface area contributed by atoms with Crippen molar-refractivity contribution in [2.24, 2.45) is 5.92 Å². The highest BCUT2D eigenvalue weighted by Gasteiger charge is 2.42. The van der Waals surface area contributed by atoms with E-state index in [1.807, 2.05) is 6.07 Å². The normalized spacial score (nSPS) is 12.9. The SMILES string of the molecule is CCCCCCCCC(CCCS)C(OCCOC)(OCCOC)c1ccccc1. The maximum Gasteiger partial charge on any atom is 0.197 e. The molecular weight excluding hydrogens is 396 g/mol. The van der Waals surface area contributed by atoms with Crippen LogP contribution in [0.15, 0.2) is 30.3 Å². The fourth-order valence-electron chi connectivity index (χ4n) is 3.94. The Morgan fingerprint density at radius 1 is 0.767 bits per heavy atom. The molecule has 0 fully saturated rings. The number of unbranched alkanes of at least 4 members (excludes halogenated alkanes) is 5. The van der Waals surface area contributed by atoms with Gasteiger partial charge in [0.05, 0.1) is 26.4 Å². The van der Waals surface area contributed by atoms with Gasteiger partial charge in [-0.2, -0.15) is 12.6 Å². The summed E-state index contributed by atoms with van der Waals surface area (Å²) in [7, 11) is 3.40. The lowest BCUT2D eigenvalue weighted by atomic mass is 9.83. The lowest BCUT2D eigenvalue weighted by Crippen LogP contribution is -2.43. The van der Waals surface area contributed by atoms with Crippen molar-refractivity contribution in [3.05, 3.63) is 35.9 Å². The van der Waals surface area contributed by atoms with Gasteiger partial charge in [0.15, 0.2) is 5.79 Å². The van der Waals surface area contributed by atoms with Crippen LogP contribution in [0, 0.1) is 5.92 Å². The third kappa shape index (κ3) is 10.1. The van der Waals surface area contributed by atoms with Gasteiger partial charge in [-0.3, -0.25) is 0 Å². The second kappa shape index (κ2) is 18.0. The van der Waals surface area contributed by atoms with Gasteiger partial charge in [0, 0.05) is 25.7 Å². The van der Waals surface area contributed by atoms with Crippen LogP contribution in [0.1, 0.15) is 70.3 Å². The second-order valence-corrected chi connectivity index (χ2v) is 8.28. The summed E-state index contributed by atoms with van der Waals surface area (Å²) in [4.78, 5) is 0. The molecule has 0 aliphatic rings. The third-order valence-corrected chi connectivity index (χ3v) is 5.85. The van der Waals surface area contributed by atoms with Crippen molar-refractivity contribution in [3.63, 3.8) is 0 Å². The average Bonchev–Trinajstić information content (AvgIpc) is 2.78. The van der Waals surface area contributed by atoms with Crippen molar-refractivity contribution in [2.75, 3.05) is 46.4 Å². The van der Waals surface area contributed by atoms with E-state index in [9.17, 15) is 0 Å². The van der Waals surface area contributed by atoms with E-state index in [0.717, 1.165) is 30.6 Å². The minimum Gasteiger partial charge on any atom is -0.382 e. The molecule has 0 spiro atoms. The van der Waals surface area contributed by atoms with E-state index in [2.05, 4.69) is 43.8 Å². The zero-order chi connectivity index (χ0) is 21.9. The summed E-state index contributed by atoms with van der Waals surface area (Å²) in [6.45, 7) is 4.33. The maximum atomic E-state index is 6.53. The van der Waals surface area contributed by atoms with Crippen molar-refractivity contribution in [1.82, 2.24) is 0 Å². The Balaban J connectivity index is 3.06. The topological polar surface area (TPSA) is 36.9 Å². The number of hydrogen-bond acceptors (Lipinski definition) is 5. The zero-order valence-corrected chi connectivity index (χ0v) is 20.3. The van der Waals surface area contributed by atoms with E-state index in [-0.39, 0.29) is 5.92 Å². The molecule has 0 heterocycles. The lowest BCUT2D eigenvalue weighted by Gasteiger charge is -2.41. The van der Waals surface area contributed by atoms with Gasteiger partial charge < -0.3 is 18.9 Å². The van der Waals surface area contributed by atoms with Crippen LogP contribution in [-0.2, 0) is 24.7 Å². The van der Waals surface area contributed by atoms with Gasteiger partial charge in [-0.05, 0) is 25.0 Å². The monoisotopic (exact) mass is 440 g/mol. The van der Waals surface area contributed by atoms with E-state index < -0.39 is 5.79 Å². The van der Waals surface area contributed by atoms with E-state index >= 15 is 0 Å². The molecule has 174 valence electrons. The highest BCUT2D eigenvalue weighted by molar-refractivity contribution is 7.80. The van der Waals surface area contributed by atoms with E-state index in [4.69, 9.17) is 18.9 Å². The van der Waals surface area contributed by atoms with Gasteiger partial charge in [0.1, 0.15) is 0 Å². The van der Waals surface area contributed by atoms with Crippen LogP contribution in [-0.4, -0.2) is 46.4 Å². The van der Waals surface area contributed by atoms with Crippen LogP contribution < -0.4 is 0 Å². The molecule has 1 aromatic carbocycles. The third-order valence-electron chi connectivity index (χ3n) is 5.54. The fraction of sp³-hybridized carbons (Fsp3) is 0.760. The summed E-state index contributed by atoms with van der Waals surface area (Å²) in [5.41, 5.74) is 1.08. The summed E-state index contributed by atoms with van der Waals surface area (Å²) < 4.78 is 23.6. The Morgan fingerprint density at radius 2 is 1.33 bits per heavy atom. The molecule has 4 nitrogen and oxygen atoms in total. The predicted octanol–water partition coefficient (Wildman–Crippen LogP) is 6.24. The Kier molecular flexibility index (Phi) is 16.5. The van der Waals surface area contributed by atoms with Crippen molar-refractivity contribution in [1.29, 1.82) is 0 Å².